The Morgan fingerprint density at radius 2 is 1.91 bits per heavy atom. The van der Waals surface area contributed by atoms with Gasteiger partial charge in [0.1, 0.15) is 11.5 Å². The van der Waals surface area contributed by atoms with Gasteiger partial charge in [0, 0.05) is 36.0 Å². The number of aromatic nitrogens is 4. The number of anilines is 2. The summed E-state index contributed by atoms with van der Waals surface area (Å²) in [6, 6.07) is 13.2. The molecule has 1 aliphatic rings. The third-order valence-corrected chi connectivity index (χ3v) is 7.05. The van der Waals surface area contributed by atoms with E-state index in [9.17, 15) is 14.4 Å². The van der Waals surface area contributed by atoms with E-state index < -0.39 is 5.92 Å². The van der Waals surface area contributed by atoms with E-state index >= 15 is 0 Å². The standard InChI is InChI=1S/C25H24N6O3S/c1-14-6-8-18(9-7-14)30-13-17(11-22(30)32)24(34)27-21-12-19(20-5-4-10-35-20)29-31(21)25-26-16(3)15(2)23(33)28-25/h4-10,12,17H,11,13H2,1-3H3,(H,27,34)(H,26,28,33)/t17-/m0/s1. The normalized spacial score (nSPS) is 15.6. The lowest BCUT2D eigenvalue weighted by Gasteiger charge is -2.17. The molecule has 1 aliphatic heterocycles. The van der Waals surface area contributed by atoms with Crippen LogP contribution in [0.25, 0.3) is 16.5 Å². The molecule has 178 valence electrons. The lowest BCUT2D eigenvalue weighted by molar-refractivity contribution is -0.122. The maximum atomic E-state index is 13.2. The van der Waals surface area contributed by atoms with Gasteiger partial charge >= 0.3 is 0 Å². The van der Waals surface area contributed by atoms with E-state index in [1.165, 1.54) is 16.0 Å². The molecule has 2 N–H and O–H groups in total. The number of aromatic amines is 1. The van der Waals surface area contributed by atoms with Gasteiger partial charge in [-0.25, -0.2) is 4.98 Å². The van der Waals surface area contributed by atoms with Crippen molar-refractivity contribution in [2.24, 2.45) is 5.92 Å². The first-order valence-corrected chi connectivity index (χ1v) is 12.1. The number of nitrogens with zero attached hydrogens (tertiary/aromatic N) is 4. The fourth-order valence-corrected chi connectivity index (χ4v) is 4.67. The van der Waals surface area contributed by atoms with Gasteiger partial charge in [-0.1, -0.05) is 23.8 Å². The van der Waals surface area contributed by atoms with Crippen molar-refractivity contribution in [3.05, 3.63) is 75.0 Å². The molecule has 2 amide bonds. The molecule has 5 rings (SSSR count). The van der Waals surface area contributed by atoms with Crippen LogP contribution in [0.2, 0.25) is 0 Å². The first-order valence-electron chi connectivity index (χ1n) is 11.2. The molecule has 0 radical (unpaired) electrons. The maximum Gasteiger partial charge on any atom is 0.255 e. The van der Waals surface area contributed by atoms with Crippen LogP contribution >= 0.6 is 11.3 Å². The number of rotatable bonds is 5. The summed E-state index contributed by atoms with van der Waals surface area (Å²) in [5.41, 5.74) is 3.34. The average Bonchev–Trinajstić information content (AvgIpc) is 3.58. The van der Waals surface area contributed by atoms with Gasteiger partial charge < -0.3 is 10.2 Å². The smallest absolute Gasteiger partial charge is 0.255 e. The molecule has 0 bridgehead atoms. The number of H-pyrrole nitrogens is 1. The average molecular weight is 489 g/mol. The zero-order valence-electron chi connectivity index (χ0n) is 19.5. The molecule has 35 heavy (non-hydrogen) atoms. The van der Waals surface area contributed by atoms with Crippen LogP contribution in [0.1, 0.15) is 23.2 Å². The molecule has 10 heteroatoms. The van der Waals surface area contributed by atoms with Gasteiger partial charge in [0.2, 0.25) is 17.8 Å². The molecule has 0 spiro atoms. The number of carbonyl (C=O) groups excluding carboxylic acids is 2. The van der Waals surface area contributed by atoms with Gasteiger partial charge in [-0.2, -0.15) is 9.78 Å². The second kappa shape index (κ2) is 8.95. The Morgan fingerprint density at radius 1 is 1.14 bits per heavy atom. The Kier molecular flexibility index (Phi) is 5.81. The quantitative estimate of drug-likeness (QED) is 0.446. The van der Waals surface area contributed by atoms with Crippen molar-refractivity contribution >= 4 is 34.7 Å². The molecule has 0 saturated carbocycles. The number of carbonyl (C=O) groups is 2. The van der Waals surface area contributed by atoms with E-state index in [1.807, 2.05) is 48.7 Å². The molecule has 1 atom stereocenters. The van der Waals surface area contributed by atoms with Crippen LogP contribution in [0.3, 0.4) is 0 Å². The third kappa shape index (κ3) is 4.40. The Bertz CT molecular complexity index is 1470. The minimum absolute atomic E-state index is 0.0954. The first kappa shape index (κ1) is 22.7. The molecular weight excluding hydrogens is 464 g/mol. The number of nitrogens with one attached hydrogen (secondary N) is 2. The van der Waals surface area contributed by atoms with Gasteiger partial charge in [-0.05, 0) is 44.4 Å². The van der Waals surface area contributed by atoms with E-state index in [-0.39, 0.29) is 29.7 Å². The summed E-state index contributed by atoms with van der Waals surface area (Å²) in [7, 11) is 0. The SMILES string of the molecule is Cc1ccc(N2C[C@@H](C(=O)Nc3cc(-c4cccs4)nn3-c3nc(C)c(C)c(=O)[nH]3)CC2=O)cc1. The van der Waals surface area contributed by atoms with Crippen LogP contribution in [-0.2, 0) is 9.59 Å². The molecule has 1 saturated heterocycles. The fourth-order valence-electron chi connectivity index (χ4n) is 3.99. The van der Waals surface area contributed by atoms with Crippen LogP contribution in [0.15, 0.2) is 52.6 Å². The molecule has 0 unspecified atom stereocenters. The Balaban J connectivity index is 1.44. The number of hydrogen-bond donors (Lipinski definition) is 2. The summed E-state index contributed by atoms with van der Waals surface area (Å²) >= 11 is 1.51. The van der Waals surface area contributed by atoms with Crippen LogP contribution in [-0.4, -0.2) is 38.1 Å². The van der Waals surface area contributed by atoms with Gasteiger partial charge in [0.25, 0.3) is 5.56 Å². The zero-order valence-corrected chi connectivity index (χ0v) is 20.3. The second-order valence-electron chi connectivity index (χ2n) is 8.63. The zero-order chi connectivity index (χ0) is 24.7. The van der Waals surface area contributed by atoms with Crippen molar-refractivity contribution in [1.29, 1.82) is 0 Å². The lowest BCUT2D eigenvalue weighted by Crippen LogP contribution is -2.29. The van der Waals surface area contributed by atoms with E-state index in [2.05, 4.69) is 20.4 Å². The minimum atomic E-state index is -0.524. The van der Waals surface area contributed by atoms with Crippen molar-refractivity contribution in [2.45, 2.75) is 27.2 Å². The van der Waals surface area contributed by atoms with Gasteiger partial charge in [-0.15, -0.1) is 11.3 Å². The summed E-state index contributed by atoms with van der Waals surface area (Å²) in [4.78, 5) is 48.0. The topological polar surface area (TPSA) is 113 Å². The van der Waals surface area contributed by atoms with E-state index in [4.69, 9.17) is 0 Å². The molecule has 3 aromatic heterocycles. The third-order valence-electron chi connectivity index (χ3n) is 6.16. The van der Waals surface area contributed by atoms with Crippen LogP contribution < -0.4 is 15.8 Å². The fraction of sp³-hybridized carbons (Fsp3) is 0.240. The number of thiophene rings is 1. The summed E-state index contributed by atoms with van der Waals surface area (Å²) in [5, 5.41) is 9.45. The molecule has 4 aromatic rings. The molecule has 1 aromatic carbocycles. The largest absolute Gasteiger partial charge is 0.312 e. The summed E-state index contributed by atoms with van der Waals surface area (Å²) in [6.07, 6.45) is 0.115. The predicted octanol–water partition coefficient (Wildman–Crippen LogP) is 3.60. The van der Waals surface area contributed by atoms with E-state index in [0.717, 1.165) is 16.1 Å². The molecule has 1 fully saturated rings. The lowest BCUT2D eigenvalue weighted by atomic mass is 10.1. The van der Waals surface area contributed by atoms with Crippen molar-refractivity contribution in [2.75, 3.05) is 16.8 Å². The predicted molar refractivity (Wildman–Crippen MR) is 135 cm³/mol. The second-order valence-corrected chi connectivity index (χ2v) is 9.58. The number of benzene rings is 1. The molecular formula is C25H24N6O3S. The van der Waals surface area contributed by atoms with Gasteiger partial charge in [0.05, 0.1) is 10.8 Å². The molecule has 9 nitrogen and oxygen atoms in total. The molecule has 0 aliphatic carbocycles. The monoisotopic (exact) mass is 488 g/mol. The summed E-state index contributed by atoms with van der Waals surface area (Å²) in [6.45, 7) is 5.72. The number of hydrogen-bond acceptors (Lipinski definition) is 6. The highest BCUT2D eigenvalue weighted by Crippen LogP contribution is 2.29. The van der Waals surface area contributed by atoms with E-state index in [0.29, 0.717) is 29.3 Å². The highest BCUT2D eigenvalue weighted by atomic mass is 32.1. The Labute approximate surface area is 205 Å². The highest BCUT2D eigenvalue weighted by molar-refractivity contribution is 7.13. The van der Waals surface area contributed by atoms with E-state index in [1.54, 1.807) is 24.8 Å². The van der Waals surface area contributed by atoms with Crippen molar-refractivity contribution in [1.82, 2.24) is 19.7 Å². The minimum Gasteiger partial charge on any atom is -0.312 e. The van der Waals surface area contributed by atoms with Crippen molar-refractivity contribution in [3.8, 4) is 16.5 Å². The first-order chi connectivity index (χ1) is 16.8. The van der Waals surface area contributed by atoms with Crippen molar-refractivity contribution in [3.63, 3.8) is 0 Å². The number of aryl methyl sites for hydroxylation is 2. The maximum absolute atomic E-state index is 13.2. The van der Waals surface area contributed by atoms with Crippen LogP contribution in [0, 0.1) is 26.7 Å². The van der Waals surface area contributed by atoms with Crippen molar-refractivity contribution < 1.29 is 9.59 Å². The summed E-state index contributed by atoms with van der Waals surface area (Å²) in [5.74, 6) is -0.338. The highest BCUT2D eigenvalue weighted by Gasteiger charge is 2.35. The Morgan fingerprint density at radius 3 is 2.60 bits per heavy atom. The molecule has 4 heterocycles. The van der Waals surface area contributed by atoms with Crippen LogP contribution in [0.4, 0.5) is 11.5 Å². The summed E-state index contributed by atoms with van der Waals surface area (Å²) < 4.78 is 1.43. The number of amides is 2. The van der Waals surface area contributed by atoms with Gasteiger partial charge in [0.15, 0.2) is 0 Å². The van der Waals surface area contributed by atoms with Gasteiger partial charge in [-0.3, -0.25) is 19.4 Å². The Hall–Kier alpha value is -4.05. The van der Waals surface area contributed by atoms with Crippen LogP contribution in [0.5, 0.6) is 0 Å².